The van der Waals surface area contributed by atoms with E-state index in [0.717, 1.165) is 59.8 Å². The van der Waals surface area contributed by atoms with Gasteiger partial charge in [-0.2, -0.15) is 5.26 Å². The summed E-state index contributed by atoms with van der Waals surface area (Å²) in [5.41, 5.74) is 4.17. The first kappa shape index (κ1) is 24.6. The molecule has 1 amide bonds. The van der Waals surface area contributed by atoms with Crippen LogP contribution in [0.5, 0.6) is 5.75 Å². The van der Waals surface area contributed by atoms with E-state index in [0.29, 0.717) is 17.9 Å². The zero-order valence-corrected chi connectivity index (χ0v) is 21.2. The number of likely N-dealkylation sites (tertiary alicyclic amines) is 1. The first-order valence-corrected chi connectivity index (χ1v) is 13.2. The second kappa shape index (κ2) is 11.8. The third-order valence-corrected chi connectivity index (χ3v) is 7.26. The molecule has 4 aromatic rings. The molecule has 5 rings (SSSR count). The number of aromatic nitrogens is 2. The largest absolute Gasteiger partial charge is 0.494 e. The molecule has 1 aliphatic heterocycles. The van der Waals surface area contributed by atoms with Crippen molar-refractivity contribution in [3.63, 3.8) is 0 Å². The Morgan fingerprint density at radius 1 is 1.11 bits per heavy atom. The Labute approximate surface area is 220 Å². The number of hydrogen-bond donors (Lipinski definition) is 1. The summed E-state index contributed by atoms with van der Waals surface area (Å²) < 4.78 is 5.95. The van der Waals surface area contributed by atoms with E-state index >= 15 is 0 Å². The summed E-state index contributed by atoms with van der Waals surface area (Å²) >= 11 is 1.45. The summed E-state index contributed by atoms with van der Waals surface area (Å²) in [6.07, 6.45) is 6.35. The third-order valence-electron chi connectivity index (χ3n) is 6.37. The summed E-state index contributed by atoms with van der Waals surface area (Å²) in [4.78, 5) is 23.8. The second-order valence-electron chi connectivity index (χ2n) is 8.86. The Hall–Kier alpha value is -4.06. The van der Waals surface area contributed by atoms with E-state index in [-0.39, 0.29) is 12.1 Å². The summed E-state index contributed by atoms with van der Waals surface area (Å²) in [6, 6.07) is 21.5. The highest BCUT2D eigenvalue weighted by Crippen LogP contribution is 2.24. The number of pyridine rings is 1. The Morgan fingerprint density at radius 3 is 2.62 bits per heavy atom. The van der Waals surface area contributed by atoms with Gasteiger partial charge in [-0.15, -0.1) is 11.3 Å². The molecule has 0 saturated carbocycles. The van der Waals surface area contributed by atoms with Crippen LogP contribution in [0.15, 0.2) is 78.4 Å². The van der Waals surface area contributed by atoms with Crippen molar-refractivity contribution < 1.29 is 9.53 Å². The molecular weight excluding hydrogens is 482 g/mol. The minimum absolute atomic E-state index is 0.0164. The van der Waals surface area contributed by atoms with E-state index in [4.69, 9.17) is 10.00 Å². The molecule has 1 unspecified atom stereocenters. The number of nitrogens with one attached hydrogen (secondary N) is 1. The molecule has 2 aromatic heterocycles. The number of thiazole rings is 1. The van der Waals surface area contributed by atoms with Gasteiger partial charge >= 0.3 is 0 Å². The summed E-state index contributed by atoms with van der Waals surface area (Å²) in [6.45, 7) is 2.42. The fourth-order valence-electron chi connectivity index (χ4n) is 4.42. The molecule has 0 aliphatic carbocycles. The van der Waals surface area contributed by atoms with Crippen molar-refractivity contribution in [1.29, 1.82) is 5.26 Å². The number of benzene rings is 2. The van der Waals surface area contributed by atoms with Crippen molar-refractivity contribution in [2.24, 2.45) is 0 Å². The van der Waals surface area contributed by atoms with Gasteiger partial charge in [-0.3, -0.25) is 14.7 Å². The van der Waals surface area contributed by atoms with Gasteiger partial charge in [0.2, 0.25) is 0 Å². The van der Waals surface area contributed by atoms with Gasteiger partial charge in [-0.25, -0.2) is 4.98 Å². The van der Waals surface area contributed by atoms with Crippen molar-refractivity contribution in [1.82, 2.24) is 20.2 Å². The number of nitriles is 1. The van der Waals surface area contributed by atoms with Crippen molar-refractivity contribution in [2.75, 3.05) is 19.7 Å². The highest BCUT2D eigenvalue weighted by atomic mass is 32.1. The smallest absolute Gasteiger partial charge is 0.271 e. The van der Waals surface area contributed by atoms with Crippen LogP contribution in [0, 0.1) is 11.3 Å². The predicted molar refractivity (Wildman–Crippen MR) is 144 cm³/mol. The third kappa shape index (κ3) is 6.20. The summed E-state index contributed by atoms with van der Waals surface area (Å²) in [5.74, 6) is 0.693. The van der Waals surface area contributed by atoms with E-state index < -0.39 is 0 Å². The zero-order valence-electron chi connectivity index (χ0n) is 20.3. The van der Waals surface area contributed by atoms with Crippen LogP contribution in [-0.4, -0.2) is 46.6 Å². The van der Waals surface area contributed by atoms with Crippen LogP contribution in [0.2, 0.25) is 0 Å². The van der Waals surface area contributed by atoms with Crippen LogP contribution in [0.25, 0.3) is 21.7 Å². The second-order valence-corrected chi connectivity index (χ2v) is 9.72. The number of rotatable bonds is 9. The van der Waals surface area contributed by atoms with Crippen LogP contribution in [-0.2, 0) is 0 Å². The zero-order chi connectivity index (χ0) is 25.5. The predicted octanol–water partition coefficient (Wildman–Crippen LogP) is 5.36. The minimum Gasteiger partial charge on any atom is -0.494 e. The van der Waals surface area contributed by atoms with Crippen LogP contribution < -0.4 is 10.1 Å². The average molecular weight is 510 g/mol. The van der Waals surface area contributed by atoms with Gasteiger partial charge in [0.15, 0.2) is 0 Å². The van der Waals surface area contributed by atoms with Gasteiger partial charge in [0.05, 0.1) is 24.4 Å². The van der Waals surface area contributed by atoms with Crippen LogP contribution >= 0.6 is 11.3 Å². The first-order valence-electron chi connectivity index (χ1n) is 12.3. The Balaban J connectivity index is 1.08. The van der Waals surface area contributed by atoms with Crippen molar-refractivity contribution in [3.05, 3.63) is 89.7 Å². The first-order chi connectivity index (χ1) is 18.2. The normalized spacial score (nSPS) is 15.3. The Bertz CT molecular complexity index is 1360. The molecule has 1 atom stereocenters. The van der Waals surface area contributed by atoms with Gasteiger partial charge in [0, 0.05) is 36.4 Å². The van der Waals surface area contributed by atoms with E-state index in [1.54, 1.807) is 17.8 Å². The number of amides is 1. The highest BCUT2D eigenvalue weighted by molar-refractivity contribution is 7.13. The maximum absolute atomic E-state index is 12.8. The topological polar surface area (TPSA) is 91.1 Å². The lowest BCUT2D eigenvalue weighted by atomic mass is 10.0. The maximum atomic E-state index is 12.8. The molecule has 37 heavy (non-hydrogen) atoms. The minimum atomic E-state index is -0.137. The molecular formula is C29H27N5O2S. The summed E-state index contributed by atoms with van der Waals surface area (Å²) in [7, 11) is 0. The van der Waals surface area contributed by atoms with Crippen LogP contribution in [0.1, 0.15) is 35.3 Å². The van der Waals surface area contributed by atoms with Gasteiger partial charge in [-0.05, 0) is 66.8 Å². The van der Waals surface area contributed by atoms with E-state index in [1.807, 2.05) is 60.7 Å². The number of ether oxygens (including phenoxy) is 1. The molecule has 1 N–H and O–H groups in total. The lowest BCUT2D eigenvalue weighted by Gasteiger charge is -2.25. The molecule has 0 spiro atoms. The number of hydrogen-bond acceptors (Lipinski definition) is 7. The molecule has 1 fully saturated rings. The molecule has 186 valence electrons. The average Bonchev–Trinajstić information content (AvgIpc) is 3.62. The lowest BCUT2D eigenvalue weighted by molar-refractivity contribution is 0.0878. The maximum Gasteiger partial charge on any atom is 0.271 e. The summed E-state index contributed by atoms with van der Waals surface area (Å²) in [5, 5.41) is 14.7. The quantitative estimate of drug-likeness (QED) is 0.305. The molecule has 0 bridgehead atoms. The fourth-order valence-corrected chi connectivity index (χ4v) is 5.21. The van der Waals surface area contributed by atoms with Crippen molar-refractivity contribution in [3.8, 4) is 33.5 Å². The molecule has 8 heteroatoms. The Kier molecular flexibility index (Phi) is 7.84. The van der Waals surface area contributed by atoms with E-state index in [2.05, 4.69) is 26.3 Å². The van der Waals surface area contributed by atoms with Crippen molar-refractivity contribution in [2.45, 2.75) is 25.4 Å². The molecule has 1 saturated heterocycles. The van der Waals surface area contributed by atoms with Gasteiger partial charge in [0.1, 0.15) is 16.5 Å². The Morgan fingerprint density at radius 2 is 1.89 bits per heavy atom. The van der Waals surface area contributed by atoms with E-state index in [9.17, 15) is 4.79 Å². The van der Waals surface area contributed by atoms with E-state index in [1.165, 1.54) is 11.3 Å². The molecule has 2 aromatic carbocycles. The van der Waals surface area contributed by atoms with Gasteiger partial charge in [0.25, 0.3) is 5.91 Å². The highest BCUT2D eigenvalue weighted by Gasteiger charge is 2.26. The van der Waals surface area contributed by atoms with Gasteiger partial charge < -0.3 is 10.1 Å². The number of carbonyl (C=O) groups is 1. The molecule has 0 radical (unpaired) electrons. The fraction of sp³-hybridized carbons (Fsp3) is 0.241. The van der Waals surface area contributed by atoms with Crippen LogP contribution in [0.3, 0.4) is 0 Å². The standard InChI is InChI=1S/C29H27N5O2S/c30-18-21-6-8-22(9-7-21)23-10-12-25(13-11-23)36-17-3-16-34-15-2-5-27(34)33-28(35)26-20-37-29(32-26)24-4-1-14-31-19-24/h1,4,6-14,19-20,27H,2-3,5,15-17H2,(H,33,35). The SMILES string of the molecule is N#Cc1ccc(-c2ccc(OCCCN3CCCC3NC(=O)c3csc(-c4cccnc4)n3)cc2)cc1. The van der Waals surface area contributed by atoms with Crippen LogP contribution in [0.4, 0.5) is 0 Å². The molecule has 3 heterocycles. The monoisotopic (exact) mass is 509 g/mol. The number of nitrogens with zero attached hydrogens (tertiary/aromatic N) is 4. The lowest BCUT2D eigenvalue weighted by Crippen LogP contribution is -2.45. The number of carbonyl (C=O) groups excluding carboxylic acids is 1. The van der Waals surface area contributed by atoms with Gasteiger partial charge in [-0.1, -0.05) is 24.3 Å². The van der Waals surface area contributed by atoms with Crippen molar-refractivity contribution >= 4 is 17.2 Å². The molecule has 7 nitrogen and oxygen atoms in total. The molecule has 1 aliphatic rings.